The molecule has 2 N–H and O–H groups in total. The zero-order valence-electron chi connectivity index (χ0n) is 9.65. The highest BCUT2D eigenvalue weighted by Gasteiger charge is 2.08. The Labute approximate surface area is 123 Å². The van der Waals surface area contributed by atoms with Crippen LogP contribution in [0.4, 0.5) is 10.2 Å². The lowest BCUT2D eigenvalue weighted by Crippen LogP contribution is -2.04. The predicted molar refractivity (Wildman–Crippen MR) is 79.9 cm³/mol. The van der Waals surface area contributed by atoms with Crippen molar-refractivity contribution in [3.63, 3.8) is 0 Å². The molecule has 1 aromatic heterocycles. The number of halogens is 2. The van der Waals surface area contributed by atoms with Crippen LogP contribution in [-0.4, -0.2) is 9.97 Å². The molecule has 6 heteroatoms. The van der Waals surface area contributed by atoms with E-state index in [4.69, 9.17) is 5.73 Å². The van der Waals surface area contributed by atoms with Gasteiger partial charge < -0.3 is 5.73 Å². The molecule has 18 heavy (non-hydrogen) atoms. The number of hydrogen-bond acceptors (Lipinski definition) is 4. The summed E-state index contributed by atoms with van der Waals surface area (Å²) in [6, 6.07) is 6.66. The van der Waals surface area contributed by atoms with Crippen LogP contribution in [-0.2, 0) is 5.75 Å². The van der Waals surface area contributed by atoms with Gasteiger partial charge >= 0.3 is 0 Å². The monoisotopic (exact) mass is 375 g/mol. The Hall–Kier alpha value is -0.890. The number of rotatable bonds is 3. The second-order valence-electron chi connectivity index (χ2n) is 3.64. The first kappa shape index (κ1) is 13.5. The van der Waals surface area contributed by atoms with Crippen LogP contribution >= 0.6 is 34.4 Å². The van der Waals surface area contributed by atoms with Crippen molar-refractivity contribution >= 4 is 40.2 Å². The smallest absolute Gasteiger partial charge is 0.141 e. The highest BCUT2D eigenvalue weighted by Crippen LogP contribution is 2.25. The average molecular weight is 375 g/mol. The lowest BCUT2D eigenvalue weighted by molar-refractivity contribution is 0.602. The van der Waals surface area contributed by atoms with E-state index < -0.39 is 0 Å². The number of nitrogen functional groups attached to an aromatic ring is 1. The van der Waals surface area contributed by atoms with Gasteiger partial charge in [0.05, 0.1) is 15.0 Å². The summed E-state index contributed by atoms with van der Waals surface area (Å²) in [5, 5.41) is 0. The summed E-state index contributed by atoms with van der Waals surface area (Å²) in [6.07, 6.45) is 0. The topological polar surface area (TPSA) is 51.8 Å². The van der Waals surface area contributed by atoms with E-state index in [1.54, 1.807) is 18.2 Å². The first-order valence-corrected chi connectivity index (χ1v) is 7.30. The Bertz CT molecular complexity index is 554. The van der Waals surface area contributed by atoms with Crippen LogP contribution in [0.15, 0.2) is 29.2 Å². The summed E-state index contributed by atoms with van der Waals surface area (Å²) in [7, 11) is 0. The molecule has 0 aliphatic rings. The molecule has 0 aliphatic carbocycles. The highest BCUT2D eigenvalue weighted by molar-refractivity contribution is 14.1. The van der Waals surface area contributed by atoms with Crippen LogP contribution in [0.2, 0.25) is 0 Å². The van der Waals surface area contributed by atoms with Gasteiger partial charge in [-0.25, -0.2) is 14.4 Å². The first-order chi connectivity index (χ1) is 8.58. The Balaban J connectivity index is 2.14. The van der Waals surface area contributed by atoms with Crippen molar-refractivity contribution in [1.82, 2.24) is 9.97 Å². The van der Waals surface area contributed by atoms with Crippen LogP contribution in [0.5, 0.6) is 0 Å². The van der Waals surface area contributed by atoms with Gasteiger partial charge in [-0.1, -0.05) is 12.1 Å². The Morgan fingerprint density at radius 3 is 2.72 bits per heavy atom. The summed E-state index contributed by atoms with van der Waals surface area (Å²) < 4.78 is 14.3. The van der Waals surface area contributed by atoms with Crippen LogP contribution in [0.1, 0.15) is 11.5 Å². The molecule has 3 nitrogen and oxygen atoms in total. The minimum Gasteiger partial charge on any atom is -0.383 e. The van der Waals surface area contributed by atoms with Crippen LogP contribution in [0.3, 0.4) is 0 Å². The Morgan fingerprint density at radius 2 is 2.06 bits per heavy atom. The van der Waals surface area contributed by atoms with E-state index in [9.17, 15) is 4.39 Å². The lowest BCUT2D eigenvalue weighted by atomic mass is 10.3. The summed E-state index contributed by atoms with van der Waals surface area (Å²) in [4.78, 5) is 9.12. The SMILES string of the molecule is Cc1nc(CSc2ccccc2F)nc(N)c1I. The molecule has 0 fully saturated rings. The maximum atomic E-state index is 13.4. The van der Waals surface area contributed by atoms with E-state index in [2.05, 4.69) is 32.6 Å². The van der Waals surface area contributed by atoms with E-state index in [0.29, 0.717) is 22.3 Å². The van der Waals surface area contributed by atoms with Crippen molar-refractivity contribution in [2.75, 3.05) is 5.73 Å². The summed E-state index contributed by atoms with van der Waals surface area (Å²) in [6.45, 7) is 1.89. The number of anilines is 1. The zero-order chi connectivity index (χ0) is 13.1. The summed E-state index contributed by atoms with van der Waals surface area (Å²) in [5.41, 5.74) is 6.63. The van der Waals surface area contributed by atoms with Crippen LogP contribution < -0.4 is 5.73 Å². The number of benzene rings is 1. The molecule has 2 rings (SSSR count). The van der Waals surface area contributed by atoms with Gasteiger partial charge in [-0.15, -0.1) is 11.8 Å². The van der Waals surface area contributed by atoms with Crippen molar-refractivity contribution in [1.29, 1.82) is 0 Å². The van der Waals surface area contributed by atoms with E-state index in [1.165, 1.54) is 17.8 Å². The normalized spacial score (nSPS) is 10.6. The van der Waals surface area contributed by atoms with Gasteiger partial charge in [-0.3, -0.25) is 0 Å². The molecular formula is C12H11FIN3S. The molecule has 0 radical (unpaired) electrons. The maximum absolute atomic E-state index is 13.4. The number of nitrogens with two attached hydrogens (primary N) is 1. The third-order valence-corrected chi connectivity index (χ3v) is 4.66. The van der Waals surface area contributed by atoms with Gasteiger partial charge in [0.25, 0.3) is 0 Å². The van der Waals surface area contributed by atoms with E-state index >= 15 is 0 Å². The molecule has 2 aromatic rings. The van der Waals surface area contributed by atoms with Crippen LogP contribution in [0, 0.1) is 16.3 Å². The van der Waals surface area contributed by atoms with Gasteiger partial charge in [-0.2, -0.15) is 0 Å². The second kappa shape index (κ2) is 5.83. The molecule has 0 bridgehead atoms. The van der Waals surface area contributed by atoms with Crippen molar-refractivity contribution in [3.8, 4) is 0 Å². The minimum absolute atomic E-state index is 0.224. The Kier molecular flexibility index (Phi) is 4.39. The molecule has 1 aromatic carbocycles. The molecule has 0 spiro atoms. The van der Waals surface area contributed by atoms with Crippen molar-refractivity contribution < 1.29 is 4.39 Å². The average Bonchev–Trinajstić information content (AvgIpc) is 2.35. The molecule has 0 unspecified atom stereocenters. The van der Waals surface area contributed by atoms with E-state index in [1.807, 2.05) is 6.92 Å². The minimum atomic E-state index is -0.224. The molecule has 0 amide bonds. The van der Waals surface area contributed by atoms with Gasteiger partial charge in [-0.05, 0) is 41.6 Å². The van der Waals surface area contributed by atoms with Crippen molar-refractivity contribution in [2.45, 2.75) is 17.6 Å². The summed E-state index contributed by atoms with van der Waals surface area (Å²) >= 11 is 3.48. The van der Waals surface area contributed by atoms with Gasteiger partial charge in [0.1, 0.15) is 17.5 Å². The molecule has 0 saturated heterocycles. The van der Waals surface area contributed by atoms with Crippen molar-refractivity contribution in [3.05, 3.63) is 45.2 Å². The predicted octanol–water partition coefficient (Wildman–Crippen LogP) is 3.40. The molecule has 94 valence electrons. The summed E-state index contributed by atoms with van der Waals surface area (Å²) in [5.74, 6) is 1.38. The third kappa shape index (κ3) is 3.11. The van der Waals surface area contributed by atoms with E-state index in [-0.39, 0.29) is 5.82 Å². The number of nitrogens with zero attached hydrogens (tertiary/aromatic N) is 2. The zero-order valence-corrected chi connectivity index (χ0v) is 12.6. The maximum Gasteiger partial charge on any atom is 0.141 e. The highest BCUT2D eigenvalue weighted by atomic mass is 127. The quantitative estimate of drug-likeness (QED) is 0.660. The number of hydrogen-bond donors (Lipinski definition) is 1. The van der Waals surface area contributed by atoms with Gasteiger partial charge in [0.2, 0.25) is 0 Å². The third-order valence-electron chi connectivity index (χ3n) is 2.28. The largest absolute Gasteiger partial charge is 0.383 e. The lowest BCUT2D eigenvalue weighted by Gasteiger charge is -2.06. The number of aryl methyl sites for hydroxylation is 1. The van der Waals surface area contributed by atoms with Crippen LogP contribution in [0.25, 0.3) is 0 Å². The van der Waals surface area contributed by atoms with E-state index in [0.717, 1.165) is 9.26 Å². The van der Waals surface area contributed by atoms with Gasteiger partial charge in [0.15, 0.2) is 0 Å². The second-order valence-corrected chi connectivity index (χ2v) is 5.74. The molecule has 0 atom stereocenters. The van der Waals surface area contributed by atoms with Crippen molar-refractivity contribution in [2.24, 2.45) is 0 Å². The number of aromatic nitrogens is 2. The molecular weight excluding hydrogens is 364 g/mol. The standard InChI is InChI=1S/C12H11FIN3S/c1-7-11(14)12(15)17-10(16-7)6-18-9-5-3-2-4-8(9)13/h2-5H,6H2,1H3,(H2,15,16,17). The fourth-order valence-corrected chi connectivity index (χ4v) is 2.45. The fourth-order valence-electron chi connectivity index (χ4n) is 1.41. The fraction of sp³-hybridized carbons (Fsp3) is 0.167. The van der Waals surface area contributed by atoms with Gasteiger partial charge in [0, 0.05) is 4.90 Å². The molecule has 0 saturated carbocycles. The Morgan fingerprint density at radius 1 is 1.33 bits per heavy atom. The number of thioether (sulfide) groups is 1. The molecule has 1 heterocycles. The molecule has 0 aliphatic heterocycles. The first-order valence-electron chi connectivity index (χ1n) is 5.23.